The smallest absolute Gasteiger partial charge is 0.190 e. The molecular weight excluding hydrogens is 275 g/mol. The summed E-state index contributed by atoms with van der Waals surface area (Å²) in [4.78, 5) is 19.5. The highest BCUT2D eigenvalue weighted by atomic mass is 32.1. The molecule has 1 aromatic carbocycles. The summed E-state index contributed by atoms with van der Waals surface area (Å²) in [5.74, 6) is -0.0829. The lowest BCUT2D eigenvalue weighted by Gasteiger charge is -2.15. The fourth-order valence-electron chi connectivity index (χ4n) is 2.92. The Morgan fingerprint density at radius 2 is 2.15 bits per heavy atom. The minimum atomic E-state index is -0.229. The van der Waals surface area contributed by atoms with Gasteiger partial charge in [-0.05, 0) is 37.0 Å². The number of hydrogen-bond donors (Lipinski definition) is 0. The monoisotopic (exact) mass is 288 g/mol. The van der Waals surface area contributed by atoms with Gasteiger partial charge in [-0.25, -0.2) is 9.37 Å². The molecule has 4 rings (SSSR count). The van der Waals surface area contributed by atoms with E-state index in [-0.39, 0.29) is 11.6 Å². The molecular formula is C15H13FN2OS. The molecule has 0 atom stereocenters. The van der Waals surface area contributed by atoms with Crippen LogP contribution in [0.3, 0.4) is 0 Å². The van der Waals surface area contributed by atoms with Crippen molar-refractivity contribution in [2.75, 3.05) is 11.4 Å². The summed E-state index contributed by atoms with van der Waals surface area (Å²) in [6, 6.07) is 4.90. The summed E-state index contributed by atoms with van der Waals surface area (Å²) < 4.78 is 13.4. The molecule has 0 radical (unpaired) electrons. The van der Waals surface area contributed by atoms with E-state index in [0.29, 0.717) is 12.1 Å². The Balaban J connectivity index is 1.77. The zero-order chi connectivity index (χ0) is 13.7. The number of halogens is 1. The van der Waals surface area contributed by atoms with Crippen molar-refractivity contribution >= 4 is 27.9 Å². The minimum absolute atomic E-state index is 0.146. The first-order valence-electron chi connectivity index (χ1n) is 6.81. The topological polar surface area (TPSA) is 33.2 Å². The van der Waals surface area contributed by atoms with Crippen LogP contribution in [0.2, 0.25) is 0 Å². The van der Waals surface area contributed by atoms with E-state index < -0.39 is 0 Å². The van der Waals surface area contributed by atoms with Crippen LogP contribution in [0.15, 0.2) is 18.2 Å². The zero-order valence-electron chi connectivity index (χ0n) is 10.9. The number of benzene rings is 1. The number of carbonyl (C=O) groups is 1. The van der Waals surface area contributed by atoms with Crippen LogP contribution in [0.25, 0.3) is 0 Å². The lowest BCUT2D eigenvalue weighted by Crippen LogP contribution is -2.14. The van der Waals surface area contributed by atoms with E-state index in [1.165, 1.54) is 6.07 Å². The summed E-state index contributed by atoms with van der Waals surface area (Å²) in [7, 11) is 0. The number of thiazole rings is 1. The second-order valence-corrected chi connectivity index (χ2v) is 6.28. The van der Waals surface area contributed by atoms with Gasteiger partial charge in [0, 0.05) is 23.5 Å². The maximum absolute atomic E-state index is 13.4. The molecule has 2 aliphatic rings. The molecule has 1 aliphatic carbocycles. The fourth-order valence-corrected chi connectivity index (χ4v) is 4.08. The van der Waals surface area contributed by atoms with Crippen molar-refractivity contribution in [2.45, 2.75) is 25.7 Å². The largest absolute Gasteiger partial charge is 0.317 e. The van der Waals surface area contributed by atoms with Gasteiger partial charge in [-0.2, -0.15) is 0 Å². The SMILES string of the molecule is O=C1CCCc2sc(N3CCc4ccc(F)cc43)nc21. The number of hydrogen-bond acceptors (Lipinski definition) is 4. The van der Waals surface area contributed by atoms with Gasteiger partial charge in [0.25, 0.3) is 0 Å². The van der Waals surface area contributed by atoms with Crippen LogP contribution in [0.4, 0.5) is 15.2 Å². The first-order chi connectivity index (χ1) is 9.72. The number of rotatable bonds is 1. The van der Waals surface area contributed by atoms with Crippen LogP contribution in [-0.2, 0) is 12.8 Å². The molecule has 1 aromatic heterocycles. The lowest BCUT2D eigenvalue weighted by atomic mass is 10.0. The highest BCUT2D eigenvalue weighted by molar-refractivity contribution is 7.16. The Labute approximate surface area is 120 Å². The van der Waals surface area contributed by atoms with Crippen LogP contribution in [0.1, 0.15) is 33.8 Å². The number of carbonyl (C=O) groups excluding carboxylic acids is 1. The number of anilines is 2. The normalized spacial score (nSPS) is 17.2. The minimum Gasteiger partial charge on any atom is -0.317 e. The standard InChI is InChI=1S/C15H13FN2OS/c16-10-5-4-9-6-7-18(11(9)8-10)15-17-14-12(19)2-1-3-13(14)20-15/h4-5,8H,1-3,6-7H2. The fraction of sp³-hybridized carbons (Fsp3) is 0.333. The highest BCUT2D eigenvalue weighted by Gasteiger charge is 2.28. The molecule has 0 saturated carbocycles. The summed E-state index contributed by atoms with van der Waals surface area (Å²) in [5.41, 5.74) is 2.68. The van der Waals surface area contributed by atoms with Gasteiger partial charge in [0.15, 0.2) is 10.9 Å². The molecule has 0 fully saturated rings. The Kier molecular flexibility index (Phi) is 2.63. The average molecular weight is 288 g/mol. The van der Waals surface area contributed by atoms with Gasteiger partial charge in [-0.3, -0.25) is 4.79 Å². The average Bonchev–Trinajstić information content (AvgIpc) is 3.02. The van der Waals surface area contributed by atoms with Crippen molar-refractivity contribution in [3.05, 3.63) is 40.2 Å². The van der Waals surface area contributed by atoms with E-state index in [2.05, 4.69) is 4.98 Å². The maximum Gasteiger partial charge on any atom is 0.190 e. The molecule has 0 unspecified atom stereocenters. The van der Waals surface area contributed by atoms with Gasteiger partial charge < -0.3 is 4.90 Å². The van der Waals surface area contributed by atoms with E-state index in [1.807, 2.05) is 11.0 Å². The van der Waals surface area contributed by atoms with Gasteiger partial charge in [-0.15, -0.1) is 11.3 Å². The van der Waals surface area contributed by atoms with Crippen molar-refractivity contribution in [1.82, 2.24) is 4.98 Å². The predicted molar refractivity (Wildman–Crippen MR) is 76.5 cm³/mol. The van der Waals surface area contributed by atoms with E-state index in [9.17, 15) is 9.18 Å². The van der Waals surface area contributed by atoms with Crippen molar-refractivity contribution in [3.63, 3.8) is 0 Å². The second-order valence-electron chi connectivity index (χ2n) is 5.22. The van der Waals surface area contributed by atoms with Gasteiger partial charge in [0.1, 0.15) is 11.5 Å². The second kappa shape index (κ2) is 4.38. The quantitative estimate of drug-likeness (QED) is 0.805. The third-order valence-corrected chi connectivity index (χ3v) is 5.07. The summed E-state index contributed by atoms with van der Waals surface area (Å²) in [6.45, 7) is 0.805. The number of aryl methyl sites for hydroxylation is 1. The van der Waals surface area contributed by atoms with Gasteiger partial charge in [-0.1, -0.05) is 6.07 Å². The molecule has 0 spiro atoms. The molecule has 102 valence electrons. The number of fused-ring (bicyclic) bond motifs is 2. The predicted octanol–water partition coefficient (Wildman–Crippen LogP) is 3.50. The first-order valence-corrected chi connectivity index (χ1v) is 7.63. The molecule has 3 nitrogen and oxygen atoms in total. The molecule has 0 bridgehead atoms. The van der Waals surface area contributed by atoms with Crippen molar-refractivity contribution in [3.8, 4) is 0 Å². The van der Waals surface area contributed by atoms with Crippen molar-refractivity contribution in [1.29, 1.82) is 0 Å². The first kappa shape index (κ1) is 12.0. The van der Waals surface area contributed by atoms with Crippen LogP contribution in [-0.4, -0.2) is 17.3 Å². The highest BCUT2D eigenvalue weighted by Crippen LogP contribution is 2.39. The van der Waals surface area contributed by atoms with Crippen molar-refractivity contribution in [2.24, 2.45) is 0 Å². The number of ketones is 1. The molecule has 0 amide bonds. The van der Waals surface area contributed by atoms with Crippen LogP contribution < -0.4 is 4.90 Å². The molecule has 0 N–H and O–H groups in total. The molecule has 5 heteroatoms. The van der Waals surface area contributed by atoms with Crippen LogP contribution >= 0.6 is 11.3 Å². The Morgan fingerprint density at radius 1 is 1.25 bits per heavy atom. The molecule has 0 saturated heterocycles. The van der Waals surface area contributed by atoms with Gasteiger partial charge in [0.2, 0.25) is 0 Å². The van der Waals surface area contributed by atoms with E-state index >= 15 is 0 Å². The lowest BCUT2D eigenvalue weighted by molar-refractivity contribution is 0.0968. The summed E-state index contributed by atoms with van der Waals surface area (Å²) in [6.07, 6.45) is 3.34. The molecule has 2 aromatic rings. The number of aromatic nitrogens is 1. The van der Waals surface area contributed by atoms with E-state index in [0.717, 1.165) is 47.1 Å². The van der Waals surface area contributed by atoms with Crippen molar-refractivity contribution < 1.29 is 9.18 Å². The number of Topliss-reactive ketones (excluding diaryl/α,β-unsaturated/α-hetero) is 1. The summed E-state index contributed by atoms with van der Waals surface area (Å²) >= 11 is 1.58. The van der Waals surface area contributed by atoms with Gasteiger partial charge >= 0.3 is 0 Å². The Hall–Kier alpha value is -1.75. The number of nitrogens with zero attached hydrogens (tertiary/aromatic N) is 2. The van der Waals surface area contributed by atoms with Crippen LogP contribution in [0.5, 0.6) is 0 Å². The third-order valence-electron chi connectivity index (χ3n) is 3.93. The summed E-state index contributed by atoms with van der Waals surface area (Å²) in [5, 5.41) is 0.828. The zero-order valence-corrected chi connectivity index (χ0v) is 11.7. The third kappa shape index (κ3) is 1.77. The molecule has 20 heavy (non-hydrogen) atoms. The van der Waals surface area contributed by atoms with E-state index in [4.69, 9.17) is 0 Å². The van der Waals surface area contributed by atoms with E-state index in [1.54, 1.807) is 17.4 Å². The van der Waals surface area contributed by atoms with Crippen LogP contribution in [0, 0.1) is 5.82 Å². The van der Waals surface area contributed by atoms with Gasteiger partial charge in [0.05, 0.1) is 0 Å². The Morgan fingerprint density at radius 3 is 3.00 bits per heavy atom. The molecule has 1 aliphatic heterocycles. The molecule has 2 heterocycles. The maximum atomic E-state index is 13.4. The Bertz CT molecular complexity index is 710.